The molecule has 2 N–H and O–H groups in total. The minimum Gasteiger partial charge on any atom is -0.494 e. The Hall–Kier alpha value is -3.12. The Morgan fingerprint density at radius 3 is 2.33 bits per heavy atom. The largest absolute Gasteiger partial charge is 0.494 e. The molecule has 5 nitrogen and oxygen atoms in total. The van der Waals surface area contributed by atoms with Gasteiger partial charge < -0.3 is 15.4 Å². The molecule has 0 saturated heterocycles. The van der Waals surface area contributed by atoms with Crippen LogP contribution in [0.2, 0.25) is 0 Å². The highest BCUT2D eigenvalue weighted by Crippen LogP contribution is 2.24. The number of nitrogens with one attached hydrogen (secondary N) is 2. The van der Waals surface area contributed by atoms with E-state index in [4.69, 9.17) is 4.74 Å². The first kappa shape index (κ1) is 21.6. The van der Waals surface area contributed by atoms with Gasteiger partial charge in [0.1, 0.15) is 5.75 Å². The van der Waals surface area contributed by atoms with E-state index in [1.807, 2.05) is 61.5 Å². The summed E-state index contributed by atoms with van der Waals surface area (Å²) < 4.78 is 6.61. The molecule has 0 aliphatic carbocycles. The molecule has 30 heavy (non-hydrogen) atoms. The van der Waals surface area contributed by atoms with Crippen molar-refractivity contribution in [3.63, 3.8) is 0 Å². The van der Waals surface area contributed by atoms with Crippen molar-refractivity contribution in [3.05, 3.63) is 88.4 Å². The third-order valence-electron chi connectivity index (χ3n) is 4.51. The minimum atomic E-state index is -0.188. The molecule has 0 heterocycles. The van der Waals surface area contributed by atoms with Crippen LogP contribution in [0.4, 0.5) is 11.4 Å². The van der Waals surface area contributed by atoms with Crippen LogP contribution in [0.25, 0.3) is 0 Å². The molecule has 0 saturated carbocycles. The fraction of sp³-hybridized carbons (Fsp3) is 0.167. The van der Waals surface area contributed by atoms with E-state index in [0.717, 1.165) is 15.8 Å². The predicted octanol–water partition coefficient (Wildman–Crippen LogP) is 5.81. The second kappa shape index (κ2) is 10.6. The molecular weight excluding hydrogens is 444 g/mol. The van der Waals surface area contributed by atoms with E-state index < -0.39 is 0 Å². The van der Waals surface area contributed by atoms with E-state index in [0.29, 0.717) is 36.4 Å². The molecule has 0 radical (unpaired) electrons. The highest BCUT2D eigenvalue weighted by Gasteiger charge is 2.11. The van der Waals surface area contributed by atoms with E-state index in [2.05, 4.69) is 26.6 Å². The average molecular weight is 467 g/mol. The van der Waals surface area contributed by atoms with Gasteiger partial charge in [0.25, 0.3) is 5.91 Å². The fourth-order valence-corrected chi connectivity index (χ4v) is 3.26. The van der Waals surface area contributed by atoms with E-state index in [9.17, 15) is 9.59 Å². The van der Waals surface area contributed by atoms with Gasteiger partial charge in [0.15, 0.2) is 0 Å². The summed E-state index contributed by atoms with van der Waals surface area (Å²) >= 11 is 3.40. The lowest BCUT2D eigenvalue weighted by molar-refractivity contribution is -0.116. The molecule has 3 rings (SSSR count). The normalized spacial score (nSPS) is 10.3. The summed E-state index contributed by atoms with van der Waals surface area (Å²) in [5, 5.41) is 5.82. The molecule has 0 atom stereocenters. The number of anilines is 2. The van der Waals surface area contributed by atoms with Crippen LogP contribution in [0.3, 0.4) is 0 Å². The first-order chi connectivity index (χ1) is 14.5. The van der Waals surface area contributed by atoms with Crippen LogP contribution in [0.15, 0.2) is 77.3 Å². The molecule has 0 aliphatic heterocycles. The van der Waals surface area contributed by atoms with E-state index in [1.165, 1.54) is 0 Å². The molecule has 2 amide bonds. The van der Waals surface area contributed by atoms with Crippen molar-refractivity contribution in [2.75, 3.05) is 17.2 Å². The van der Waals surface area contributed by atoms with Gasteiger partial charge in [-0.1, -0.05) is 46.3 Å². The van der Waals surface area contributed by atoms with Crippen molar-refractivity contribution in [1.29, 1.82) is 0 Å². The smallest absolute Gasteiger partial charge is 0.255 e. The summed E-state index contributed by atoms with van der Waals surface area (Å²) in [6.07, 6.45) is 0.940. The molecule has 0 aliphatic rings. The number of ether oxygens (including phenoxy) is 1. The summed E-state index contributed by atoms with van der Waals surface area (Å²) in [5.41, 5.74) is 2.73. The van der Waals surface area contributed by atoms with E-state index >= 15 is 0 Å². The fourth-order valence-electron chi connectivity index (χ4n) is 2.88. The topological polar surface area (TPSA) is 67.4 Å². The highest BCUT2D eigenvalue weighted by atomic mass is 79.9. The Balaban J connectivity index is 1.51. The maximum absolute atomic E-state index is 12.4. The third-order valence-corrected chi connectivity index (χ3v) is 5.00. The number of carbonyl (C=O) groups is 2. The number of carbonyl (C=O) groups excluding carboxylic acids is 2. The molecule has 3 aromatic carbocycles. The summed E-state index contributed by atoms with van der Waals surface area (Å²) in [5.74, 6) is 0.483. The van der Waals surface area contributed by atoms with Crippen LogP contribution in [0.5, 0.6) is 5.75 Å². The zero-order valence-electron chi connectivity index (χ0n) is 16.7. The lowest BCUT2D eigenvalue weighted by Crippen LogP contribution is -2.16. The zero-order valence-corrected chi connectivity index (χ0v) is 18.2. The van der Waals surface area contributed by atoms with Crippen LogP contribution < -0.4 is 15.4 Å². The second-order valence-corrected chi connectivity index (χ2v) is 7.67. The monoisotopic (exact) mass is 466 g/mol. The molecule has 0 unspecified atom stereocenters. The van der Waals surface area contributed by atoms with Gasteiger partial charge >= 0.3 is 0 Å². The number of halogens is 1. The quantitative estimate of drug-likeness (QED) is 0.411. The van der Waals surface area contributed by atoms with Gasteiger partial charge in [-0.05, 0) is 61.4 Å². The second-order valence-electron chi connectivity index (χ2n) is 6.76. The number of hydrogen-bond acceptors (Lipinski definition) is 3. The predicted molar refractivity (Wildman–Crippen MR) is 123 cm³/mol. The van der Waals surface area contributed by atoms with Crippen LogP contribution in [-0.2, 0) is 4.79 Å². The van der Waals surface area contributed by atoms with Crippen molar-refractivity contribution in [2.45, 2.75) is 19.8 Å². The van der Waals surface area contributed by atoms with Gasteiger partial charge in [0.2, 0.25) is 5.91 Å². The molecule has 0 bridgehead atoms. The van der Waals surface area contributed by atoms with Gasteiger partial charge in [-0.15, -0.1) is 0 Å². The van der Waals surface area contributed by atoms with Gasteiger partial charge in [0.05, 0.1) is 6.61 Å². The lowest BCUT2D eigenvalue weighted by atomic mass is 10.1. The van der Waals surface area contributed by atoms with E-state index in [-0.39, 0.29) is 11.8 Å². The maximum Gasteiger partial charge on any atom is 0.255 e. The SMILES string of the molecule is Cc1c(NC(=O)CCCOc2cccc(Br)c2)cccc1NC(=O)c1ccccc1. The Morgan fingerprint density at radius 2 is 1.60 bits per heavy atom. The Kier molecular flexibility index (Phi) is 7.63. The number of rotatable bonds is 8. The number of hydrogen-bond donors (Lipinski definition) is 2. The third kappa shape index (κ3) is 6.19. The molecule has 0 spiro atoms. The molecule has 154 valence electrons. The standard InChI is InChI=1S/C24H23BrN2O3/c1-17-21(12-6-13-22(17)27-24(29)18-8-3-2-4-9-18)26-23(28)14-7-15-30-20-11-5-10-19(25)16-20/h2-6,8-13,16H,7,14-15H2,1H3,(H,26,28)(H,27,29). The molecule has 0 aromatic heterocycles. The number of benzene rings is 3. The highest BCUT2D eigenvalue weighted by molar-refractivity contribution is 9.10. The summed E-state index contributed by atoms with van der Waals surface area (Å²) in [7, 11) is 0. The average Bonchev–Trinajstić information content (AvgIpc) is 2.75. The minimum absolute atomic E-state index is 0.0949. The van der Waals surface area contributed by atoms with Gasteiger partial charge in [-0.2, -0.15) is 0 Å². The van der Waals surface area contributed by atoms with Crippen molar-refractivity contribution in [1.82, 2.24) is 0 Å². The van der Waals surface area contributed by atoms with Crippen molar-refractivity contribution >= 4 is 39.1 Å². The Labute approximate surface area is 184 Å². The van der Waals surface area contributed by atoms with E-state index in [1.54, 1.807) is 18.2 Å². The Bertz CT molecular complexity index is 1020. The zero-order chi connectivity index (χ0) is 21.3. The van der Waals surface area contributed by atoms with Gasteiger partial charge in [-0.3, -0.25) is 9.59 Å². The van der Waals surface area contributed by atoms with Crippen molar-refractivity contribution in [2.24, 2.45) is 0 Å². The number of amides is 2. The Morgan fingerprint density at radius 1 is 0.900 bits per heavy atom. The maximum atomic E-state index is 12.4. The van der Waals surface area contributed by atoms with Crippen molar-refractivity contribution in [3.8, 4) is 5.75 Å². The molecular formula is C24H23BrN2O3. The van der Waals surface area contributed by atoms with Crippen LogP contribution in [0.1, 0.15) is 28.8 Å². The van der Waals surface area contributed by atoms with Crippen LogP contribution >= 0.6 is 15.9 Å². The molecule has 6 heteroatoms. The molecule has 3 aromatic rings. The lowest BCUT2D eigenvalue weighted by Gasteiger charge is -2.14. The van der Waals surface area contributed by atoms with Gasteiger partial charge in [0, 0.05) is 27.8 Å². The molecule has 0 fully saturated rings. The first-order valence-corrected chi connectivity index (χ1v) is 10.5. The van der Waals surface area contributed by atoms with Crippen LogP contribution in [-0.4, -0.2) is 18.4 Å². The van der Waals surface area contributed by atoms with Crippen molar-refractivity contribution < 1.29 is 14.3 Å². The summed E-state index contributed by atoms with van der Waals surface area (Å²) in [6.45, 7) is 2.32. The first-order valence-electron chi connectivity index (χ1n) is 9.67. The van der Waals surface area contributed by atoms with Gasteiger partial charge in [-0.25, -0.2) is 0 Å². The van der Waals surface area contributed by atoms with Crippen LogP contribution in [0, 0.1) is 6.92 Å². The summed E-state index contributed by atoms with van der Waals surface area (Å²) in [6, 6.07) is 22.1. The summed E-state index contributed by atoms with van der Waals surface area (Å²) in [4.78, 5) is 24.7.